The van der Waals surface area contributed by atoms with E-state index >= 15 is 0 Å². The average Bonchev–Trinajstić information content (AvgIpc) is 2.05. The van der Waals surface area contributed by atoms with Crippen LogP contribution in [0.25, 0.3) is 0 Å². The van der Waals surface area contributed by atoms with E-state index in [4.69, 9.17) is 11.6 Å². The van der Waals surface area contributed by atoms with E-state index in [1.165, 1.54) is 0 Å². The first kappa shape index (κ1) is 7.55. The largest absolute Gasteiger partial charge is 0.241 e. The Balaban J connectivity index is 2.75. The van der Waals surface area contributed by atoms with Crippen molar-refractivity contribution in [3.05, 3.63) is 35.9 Å². The maximum atomic E-state index is 12.7. The molecule has 0 saturated carbocycles. The summed E-state index contributed by atoms with van der Waals surface area (Å²) in [5.74, 6) is 0.0318. The first-order valence-electron chi connectivity index (χ1n) is 3.09. The monoisotopic (exact) mass is 158 g/mol. The number of alkyl halides is 2. The topological polar surface area (TPSA) is 0 Å². The van der Waals surface area contributed by atoms with E-state index in [1.54, 1.807) is 24.3 Å². The van der Waals surface area contributed by atoms with Gasteiger partial charge in [0.2, 0.25) is 0 Å². The second-order valence-electron chi connectivity index (χ2n) is 2.03. The van der Waals surface area contributed by atoms with Gasteiger partial charge in [0.15, 0.2) is 0 Å². The molecule has 0 radical (unpaired) electrons. The molecule has 1 aromatic rings. The van der Waals surface area contributed by atoms with Gasteiger partial charge in [-0.3, -0.25) is 0 Å². The molecule has 0 nitrogen and oxygen atoms in total. The third kappa shape index (κ3) is 1.71. The van der Waals surface area contributed by atoms with Crippen LogP contribution in [0.4, 0.5) is 4.39 Å². The Labute approximate surface area is 64.6 Å². The van der Waals surface area contributed by atoms with Crippen molar-refractivity contribution >= 4 is 11.6 Å². The van der Waals surface area contributed by atoms with Crippen LogP contribution in [0.2, 0.25) is 0 Å². The number of hydrogen-bond donors (Lipinski definition) is 0. The minimum absolute atomic E-state index is 0.0318. The Morgan fingerprint density at radius 3 is 2.40 bits per heavy atom. The van der Waals surface area contributed by atoms with E-state index in [0.29, 0.717) is 5.56 Å². The molecule has 0 amide bonds. The van der Waals surface area contributed by atoms with Gasteiger partial charge in [0.25, 0.3) is 0 Å². The zero-order valence-electron chi connectivity index (χ0n) is 5.43. The van der Waals surface area contributed by atoms with Crippen LogP contribution in [0.15, 0.2) is 30.3 Å². The number of halogens is 2. The predicted octanol–water partition coefficient (Wildman–Crippen LogP) is 2.94. The molecule has 0 aliphatic carbocycles. The standard InChI is InChI=1S/C8H8ClF/c9-6-8(10)7-4-2-1-3-5-7/h1-5,8H,6H2/t8-/m0/s1. The van der Waals surface area contributed by atoms with E-state index in [9.17, 15) is 4.39 Å². The maximum Gasteiger partial charge on any atom is 0.139 e. The molecule has 1 atom stereocenters. The zero-order chi connectivity index (χ0) is 7.40. The molecule has 0 spiro atoms. The van der Waals surface area contributed by atoms with Crippen molar-refractivity contribution in [2.75, 3.05) is 5.88 Å². The van der Waals surface area contributed by atoms with Gasteiger partial charge < -0.3 is 0 Å². The molecule has 0 fully saturated rings. The van der Waals surface area contributed by atoms with Gasteiger partial charge in [-0.2, -0.15) is 0 Å². The highest BCUT2D eigenvalue weighted by atomic mass is 35.5. The fourth-order valence-electron chi connectivity index (χ4n) is 0.751. The van der Waals surface area contributed by atoms with E-state index in [0.717, 1.165) is 0 Å². The molecular weight excluding hydrogens is 151 g/mol. The molecule has 1 aromatic carbocycles. The van der Waals surface area contributed by atoms with Crippen molar-refractivity contribution in [2.24, 2.45) is 0 Å². The molecule has 0 heterocycles. The number of benzene rings is 1. The Kier molecular flexibility index (Phi) is 2.69. The van der Waals surface area contributed by atoms with Gasteiger partial charge in [0.05, 0.1) is 5.88 Å². The second kappa shape index (κ2) is 3.57. The summed E-state index contributed by atoms with van der Waals surface area (Å²) in [6, 6.07) is 8.91. The summed E-state index contributed by atoms with van der Waals surface area (Å²) in [6.45, 7) is 0. The summed E-state index contributed by atoms with van der Waals surface area (Å²) >= 11 is 5.31. The van der Waals surface area contributed by atoms with Crippen LogP contribution in [0.5, 0.6) is 0 Å². The van der Waals surface area contributed by atoms with Crippen LogP contribution in [0.1, 0.15) is 11.7 Å². The highest BCUT2D eigenvalue weighted by Crippen LogP contribution is 2.17. The average molecular weight is 159 g/mol. The van der Waals surface area contributed by atoms with Crippen LogP contribution < -0.4 is 0 Å². The van der Waals surface area contributed by atoms with Crippen molar-refractivity contribution in [1.29, 1.82) is 0 Å². The number of rotatable bonds is 2. The van der Waals surface area contributed by atoms with Crippen molar-refractivity contribution in [3.63, 3.8) is 0 Å². The van der Waals surface area contributed by atoms with E-state index in [2.05, 4.69) is 0 Å². The summed E-state index contributed by atoms with van der Waals surface area (Å²) in [5, 5.41) is 0. The van der Waals surface area contributed by atoms with Crippen molar-refractivity contribution in [3.8, 4) is 0 Å². The van der Waals surface area contributed by atoms with Crippen LogP contribution in [0.3, 0.4) is 0 Å². The molecule has 0 saturated heterocycles. The number of hydrogen-bond acceptors (Lipinski definition) is 0. The van der Waals surface area contributed by atoms with Gasteiger partial charge >= 0.3 is 0 Å². The molecule has 1 rings (SSSR count). The highest BCUT2D eigenvalue weighted by Gasteiger charge is 2.04. The lowest BCUT2D eigenvalue weighted by Crippen LogP contribution is -1.90. The highest BCUT2D eigenvalue weighted by molar-refractivity contribution is 6.18. The molecule has 0 bridgehead atoms. The fourth-order valence-corrected chi connectivity index (χ4v) is 0.929. The molecule has 0 unspecified atom stereocenters. The lowest BCUT2D eigenvalue weighted by atomic mass is 10.1. The smallest absolute Gasteiger partial charge is 0.139 e. The van der Waals surface area contributed by atoms with Gasteiger partial charge in [-0.1, -0.05) is 30.3 Å². The van der Waals surface area contributed by atoms with E-state index < -0.39 is 6.17 Å². The first-order chi connectivity index (χ1) is 4.84. The summed E-state index contributed by atoms with van der Waals surface area (Å²) in [5.41, 5.74) is 0.650. The molecule has 0 aliphatic heterocycles. The van der Waals surface area contributed by atoms with Crippen molar-refractivity contribution in [1.82, 2.24) is 0 Å². The lowest BCUT2D eigenvalue weighted by molar-refractivity contribution is 0.378. The summed E-state index contributed by atoms with van der Waals surface area (Å²) < 4.78 is 12.7. The lowest BCUT2D eigenvalue weighted by Gasteiger charge is -2.01. The molecule has 0 aliphatic rings. The van der Waals surface area contributed by atoms with Gasteiger partial charge in [-0.25, -0.2) is 4.39 Å². The quantitative estimate of drug-likeness (QED) is 0.581. The summed E-state index contributed by atoms with van der Waals surface area (Å²) in [4.78, 5) is 0. The first-order valence-corrected chi connectivity index (χ1v) is 3.63. The van der Waals surface area contributed by atoms with E-state index in [1.807, 2.05) is 6.07 Å². The van der Waals surface area contributed by atoms with Crippen molar-refractivity contribution in [2.45, 2.75) is 6.17 Å². The Bertz CT molecular complexity index is 186. The Hall–Kier alpha value is -0.560. The maximum absolute atomic E-state index is 12.7. The predicted molar refractivity (Wildman–Crippen MR) is 41.0 cm³/mol. The van der Waals surface area contributed by atoms with Gasteiger partial charge in [-0.15, -0.1) is 11.6 Å². The minimum atomic E-state index is -1.03. The molecule has 2 heteroatoms. The second-order valence-corrected chi connectivity index (χ2v) is 2.34. The summed E-state index contributed by atoms with van der Waals surface area (Å²) in [7, 11) is 0. The molecule has 0 N–H and O–H groups in total. The van der Waals surface area contributed by atoms with Crippen LogP contribution >= 0.6 is 11.6 Å². The normalized spacial score (nSPS) is 13.0. The van der Waals surface area contributed by atoms with Gasteiger partial charge in [0.1, 0.15) is 6.17 Å². The molecule has 10 heavy (non-hydrogen) atoms. The van der Waals surface area contributed by atoms with Gasteiger partial charge in [0, 0.05) is 0 Å². The third-order valence-electron chi connectivity index (χ3n) is 1.30. The Morgan fingerprint density at radius 1 is 1.30 bits per heavy atom. The van der Waals surface area contributed by atoms with E-state index in [-0.39, 0.29) is 5.88 Å². The van der Waals surface area contributed by atoms with Gasteiger partial charge in [-0.05, 0) is 5.56 Å². The fraction of sp³-hybridized carbons (Fsp3) is 0.250. The third-order valence-corrected chi connectivity index (χ3v) is 1.57. The zero-order valence-corrected chi connectivity index (χ0v) is 6.18. The minimum Gasteiger partial charge on any atom is -0.241 e. The molecule has 0 aromatic heterocycles. The Morgan fingerprint density at radius 2 is 1.90 bits per heavy atom. The summed E-state index contributed by atoms with van der Waals surface area (Å²) in [6.07, 6.45) is -1.03. The SMILES string of the molecule is F[C@@H](CCl)c1ccccc1. The van der Waals surface area contributed by atoms with Crippen LogP contribution in [0, 0.1) is 0 Å². The van der Waals surface area contributed by atoms with Crippen LogP contribution in [-0.2, 0) is 0 Å². The molecular formula is C8H8ClF. The molecule has 54 valence electrons. The van der Waals surface area contributed by atoms with Crippen LogP contribution in [-0.4, -0.2) is 5.88 Å². The van der Waals surface area contributed by atoms with Crippen molar-refractivity contribution < 1.29 is 4.39 Å².